The van der Waals surface area contributed by atoms with Crippen LogP contribution in [0.2, 0.25) is 0 Å². The number of hydrogen-bond acceptors (Lipinski definition) is 3. The molecule has 2 rings (SSSR count). The minimum atomic E-state index is -0.629. The van der Waals surface area contributed by atoms with Gasteiger partial charge in [0.2, 0.25) is 0 Å². The van der Waals surface area contributed by atoms with E-state index in [1.54, 1.807) is 0 Å². The van der Waals surface area contributed by atoms with Crippen LogP contribution in [0.1, 0.15) is 32.3 Å². The van der Waals surface area contributed by atoms with Gasteiger partial charge in [0, 0.05) is 6.04 Å². The predicted molar refractivity (Wildman–Crippen MR) is 89.8 cm³/mol. The zero-order chi connectivity index (χ0) is 16.2. The van der Waals surface area contributed by atoms with Crippen molar-refractivity contribution >= 4 is 5.97 Å². The Bertz CT molecular complexity index is 523. The largest absolute Gasteiger partial charge is 0.465 e. The number of ether oxygens (including phenoxy) is 1. The summed E-state index contributed by atoms with van der Waals surface area (Å²) in [4.78, 5) is 15.1. The maximum atomic E-state index is 13.0. The molecule has 0 aromatic heterocycles. The third-order valence-electron chi connectivity index (χ3n) is 4.66. The van der Waals surface area contributed by atoms with Crippen molar-refractivity contribution in [3.63, 3.8) is 0 Å². The third-order valence-corrected chi connectivity index (χ3v) is 4.66. The van der Waals surface area contributed by atoms with Gasteiger partial charge in [-0.3, -0.25) is 4.79 Å². The van der Waals surface area contributed by atoms with Gasteiger partial charge in [-0.2, -0.15) is 0 Å². The Morgan fingerprint density at radius 3 is 2.45 bits per heavy atom. The van der Waals surface area contributed by atoms with Gasteiger partial charge in [0.25, 0.3) is 0 Å². The molecule has 0 aliphatic heterocycles. The highest BCUT2D eigenvalue weighted by Crippen LogP contribution is 2.42. The van der Waals surface area contributed by atoms with Crippen molar-refractivity contribution in [3.05, 3.63) is 48.0 Å². The molecule has 3 heteroatoms. The van der Waals surface area contributed by atoms with E-state index in [9.17, 15) is 4.79 Å². The fourth-order valence-corrected chi connectivity index (χ4v) is 3.53. The molecule has 0 heterocycles. The number of hydrogen-bond donors (Lipinski definition) is 0. The average Bonchev–Trinajstić information content (AvgIpc) is 2.54. The van der Waals surface area contributed by atoms with Gasteiger partial charge in [-0.25, -0.2) is 0 Å². The molecule has 3 atom stereocenters. The molecule has 22 heavy (non-hydrogen) atoms. The fourth-order valence-electron chi connectivity index (χ4n) is 3.53. The molecular weight excluding hydrogens is 274 g/mol. The van der Waals surface area contributed by atoms with E-state index in [2.05, 4.69) is 36.1 Å². The van der Waals surface area contributed by atoms with Crippen LogP contribution < -0.4 is 0 Å². The van der Waals surface area contributed by atoms with Crippen LogP contribution in [0, 0.1) is 5.92 Å². The molecule has 120 valence electrons. The van der Waals surface area contributed by atoms with Crippen molar-refractivity contribution in [2.75, 3.05) is 20.7 Å². The number of nitrogens with zero attached hydrogens (tertiary/aromatic N) is 1. The van der Waals surface area contributed by atoms with Crippen molar-refractivity contribution in [2.24, 2.45) is 5.92 Å². The smallest absolute Gasteiger partial charge is 0.318 e. The summed E-state index contributed by atoms with van der Waals surface area (Å²) in [6, 6.07) is 10.1. The molecule has 3 nitrogen and oxygen atoms in total. The van der Waals surface area contributed by atoms with Crippen molar-refractivity contribution in [3.8, 4) is 0 Å². The molecule has 1 aliphatic rings. The normalized spacial score (nSPS) is 27.9. The summed E-state index contributed by atoms with van der Waals surface area (Å²) in [7, 11) is 4.05. The molecule has 1 aromatic carbocycles. The summed E-state index contributed by atoms with van der Waals surface area (Å²) in [5.41, 5.74) is 0.422. The number of carbonyl (C=O) groups excluding carboxylic acids is 1. The lowest BCUT2D eigenvalue weighted by atomic mass is 9.64. The van der Waals surface area contributed by atoms with E-state index in [1.165, 1.54) is 0 Å². The fraction of sp³-hybridized carbons (Fsp3) is 0.526. The van der Waals surface area contributed by atoms with E-state index >= 15 is 0 Å². The summed E-state index contributed by atoms with van der Waals surface area (Å²) in [5, 5.41) is 0. The molecule has 0 spiro atoms. The van der Waals surface area contributed by atoms with E-state index in [0.717, 1.165) is 18.4 Å². The lowest BCUT2D eigenvalue weighted by Crippen LogP contribution is -2.55. The van der Waals surface area contributed by atoms with Crippen molar-refractivity contribution in [1.82, 2.24) is 4.90 Å². The van der Waals surface area contributed by atoms with Gasteiger partial charge >= 0.3 is 5.97 Å². The number of benzene rings is 1. The standard InChI is InChI=1S/C19H27NO2/c1-5-15-12-13-17(20(3)4)19(14-15,18(21)22-6-2)16-10-8-7-9-11-16/h7-13,15,17H,5-6,14H2,1-4H3/t15-,17+,19-/m0/s1. The number of esters is 1. The van der Waals surface area contributed by atoms with Crippen LogP contribution in [-0.4, -0.2) is 37.6 Å². The molecule has 0 saturated carbocycles. The van der Waals surface area contributed by atoms with Crippen molar-refractivity contribution < 1.29 is 9.53 Å². The average molecular weight is 301 g/mol. The summed E-state index contributed by atoms with van der Waals surface area (Å²) < 4.78 is 5.51. The van der Waals surface area contributed by atoms with Crippen LogP contribution in [0.3, 0.4) is 0 Å². The van der Waals surface area contributed by atoms with Crippen molar-refractivity contribution in [2.45, 2.75) is 38.1 Å². The zero-order valence-electron chi connectivity index (χ0n) is 14.1. The van der Waals surface area contributed by atoms with Crippen LogP contribution in [0.4, 0.5) is 0 Å². The van der Waals surface area contributed by atoms with Crippen molar-refractivity contribution in [1.29, 1.82) is 0 Å². The van der Waals surface area contributed by atoms with Crippen LogP contribution in [-0.2, 0) is 14.9 Å². The lowest BCUT2D eigenvalue weighted by Gasteiger charge is -2.45. The highest BCUT2D eigenvalue weighted by atomic mass is 16.5. The summed E-state index contributed by atoms with van der Waals surface area (Å²) in [6.07, 6.45) is 6.27. The van der Waals surface area contributed by atoms with Gasteiger partial charge in [-0.05, 0) is 45.3 Å². The number of rotatable bonds is 5. The Morgan fingerprint density at radius 1 is 1.23 bits per heavy atom. The van der Waals surface area contributed by atoms with E-state index < -0.39 is 5.41 Å². The van der Waals surface area contributed by atoms with E-state index in [-0.39, 0.29) is 12.0 Å². The van der Waals surface area contributed by atoms with E-state index in [1.807, 2.05) is 39.2 Å². The predicted octanol–water partition coefficient (Wildman–Crippen LogP) is 3.40. The SMILES string of the molecule is CCOC(=O)[C@]1(c2ccccc2)C[C@@H](CC)C=C[C@H]1N(C)C. The Hall–Kier alpha value is -1.61. The molecular formula is C19H27NO2. The van der Waals surface area contributed by atoms with Crippen LogP contribution in [0.5, 0.6) is 0 Å². The molecule has 0 saturated heterocycles. The zero-order valence-corrected chi connectivity index (χ0v) is 14.1. The highest BCUT2D eigenvalue weighted by Gasteiger charge is 2.50. The number of allylic oxidation sites excluding steroid dienone is 1. The van der Waals surface area contributed by atoms with E-state index in [0.29, 0.717) is 12.5 Å². The molecule has 0 unspecified atom stereocenters. The molecule has 1 aliphatic carbocycles. The molecule has 0 amide bonds. The first kappa shape index (κ1) is 16.8. The van der Waals surface area contributed by atoms with Gasteiger partial charge in [-0.15, -0.1) is 0 Å². The van der Waals surface area contributed by atoms with Gasteiger partial charge in [-0.1, -0.05) is 49.4 Å². The minimum absolute atomic E-state index is 0.0109. The Morgan fingerprint density at radius 2 is 1.91 bits per heavy atom. The second-order valence-corrected chi connectivity index (χ2v) is 6.22. The molecule has 0 radical (unpaired) electrons. The molecule has 0 bridgehead atoms. The Kier molecular flexibility index (Phi) is 5.41. The first-order valence-corrected chi connectivity index (χ1v) is 8.13. The number of carbonyl (C=O) groups is 1. The second-order valence-electron chi connectivity index (χ2n) is 6.22. The maximum Gasteiger partial charge on any atom is 0.318 e. The van der Waals surface area contributed by atoms with Gasteiger partial charge in [0.1, 0.15) is 5.41 Å². The first-order valence-electron chi connectivity index (χ1n) is 8.13. The molecule has 1 aromatic rings. The Labute approximate surface area is 134 Å². The van der Waals surface area contributed by atoms with Gasteiger partial charge in [0.15, 0.2) is 0 Å². The minimum Gasteiger partial charge on any atom is -0.465 e. The molecule has 0 N–H and O–H groups in total. The van der Waals surface area contributed by atoms with Crippen LogP contribution in [0.15, 0.2) is 42.5 Å². The highest BCUT2D eigenvalue weighted by molar-refractivity contribution is 5.85. The lowest BCUT2D eigenvalue weighted by molar-refractivity contribution is -0.153. The summed E-state index contributed by atoms with van der Waals surface area (Å²) >= 11 is 0. The summed E-state index contributed by atoms with van der Waals surface area (Å²) in [5.74, 6) is 0.295. The van der Waals surface area contributed by atoms with Gasteiger partial charge in [0.05, 0.1) is 6.61 Å². The quantitative estimate of drug-likeness (QED) is 0.616. The van der Waals surface area contributed by atoms with Crippen LogP contribution in [0.25, 0.3) is 0 Å². The van der Waals surface area contributed by atoms with Gasteiger partial charge < -0.3 is 9.64 Å². The third kappa shape index (κ3) is 2.95. The molecule has 0 fully saturated rings. The summed E-state index contributed by atoms with van der Waals surface area (Å²) in [6.45, 7) is 4.46. The van der Waals surface area contributed by atoms with E-state index in [4.69, 9.17) is 4.74 Å². The monoisotopic (exact) mass is 301 g/mol. The second kappa shape index (κ2) is 7.10. The maximum absolute atomic E-state index is 13.0. The number of likely N-dealkylation sites (N-methyl/N-ethyl adjacent to an activating group) is 1. The topological polar surface area (TPSA) is 29.5 Å². The Balaban J connectivity index is 2.59. The first-order chi connectivity index (χ1) is 10.6. The van der Waals surface area contributed by atoms with Crippen LogP contribution >= 0.6 is 0 Å².